The maximum Gasteiger partial charge on any atom is 0.347 e. The molecule has 0 spiro atoms. The van der Waals surface area contributed by atoms with Gasteiger partial charge in [-0.2, -0.15) is 4.98 Å². The summed E-state index contributed by atoms with van der Waals surface area (Å²) in [5.41, 5.74) is 10.1. The third kappa shape index (κ3) is 2.43. The van der Waals surface area contributed by atoms with Crippen LogP contribution in [0, 0.1) is 5.41 Å². The molecule has 2 heterocycles. The molecular formula is C10H15N5O4. The van der Waals surface area contributed by atoms with E-state index in [9.17, 15) is 9.90 Å². The van der Waals surface area contributed by atoms with Crippen LogP contribution in [0.1, 0.15) is 12.1 Å². The van der Waals surface area contributed by atoms with Gasteiger partial charge in [-0.1, -0.05) is 0 Å². The number of nitrogens with one attached hydrogen (secondary N) is 2. The molecule has 1 aromatic rings. The first-order valence-electron chi connectivity index (χ1n) is 5.62. The quantitative estimate of drug-likeness (QED) is 0.338. The first-order chi connectivity index (χ1) is 8.93. The van der Waals surface area contributed by atoms with Gasteiger partial charge < -0.3 is 36.8 Å². The standard InChI is InChI=1S/C10H15N5O4/c11-5(8-4(17)1-3(2-16)19-8)7-6(12)9(13)15-10(18)14-7/h3-4,8,11,16-17H,1-2,12H2,(H3,13,14,15,18)/t3-,4+,8+/m0/s1. The first kappa shape index (κ1) is 13.5. The summed E-state index contributed by atoms with van der Waals surface area (Å²) in [6.07, 6.45) is -2.28. The normalized spacial score (nSPS) is 26.5. The molecule has 2 rings (SSSR count). The number of aromatic amines is 1. The number of H-pyrrole nitrogens is 1. The molecule has 1 fully saturated rings. The second-order valence-corrected chi connectivity index (χ2v) is 4.29. The average molecular weight is 269 g/mol. The molecule has 0 saturated carbocycles. The van der Waals surface area contributed by atoms with E-state index < -0.39 is 24.0 Å². The molecule has 0 aliphatic carbocycles. The summed E-state index contributed by atoms with van der Waals surface area (Å²) in [6, 6.07) is 0. The Morgan fingerprint density at radius 1 is 1.58 bits per heavy atom. The minimum absolute atomic E-state index is 0.0276. The molecule has 0 amide bonds. The lowest BCUT2D eigenvalue weighted by atomic mass is 10.0. The summed E-state index contributed by atoms with van der Waals surface area (Å²) >= 11 is 0. The Morgan fingerprint density at radius 2 is 2.26 bits per heavy atom. The van der Waals surface area contributed by atoms with Crippen LogP contribution in [0.15, 0.2) is 4.79 Å². The van der Waals surface area contributed by atoms with E-state index in [0.29, 0.717) is 0 Å². The number of hydrogen-bond acceptors (Lipinski definition) is 8. The molecule has 19 heavy (non-hydrogen) atoms. The molecule has 1 aliphatic heterocycles. The average Bonchev–Trinajstić information content (AvgIpc) is 2.74. The molecule has 8 N–H and O–H groups in total. The van der Waals surface area contributed by atoms with Crippen molar-refractivity contribution in [3.05, 3.63) is 16.2 Å². The fourth-order valence-corrected chi connectivity index (χ4v) is 1.98. The molecule has 104 valence electrons. The number of rotatable bonds is 3. The topological polar surface area (TPSA) is 171 Å². The van der Waals surface area contributed by atoms with Crippen molar-refractivity contribution < 1.29 is 14.9 Å². The SMILES string of the molecule is N=C(c1[nH]c(=O)nc(N)c1N)[C@@H]1O[C@H](CO)C[C@H]1O. The van der Waals surface area contributed by atoms with Crippen molar-refractivity contribution >= 4 is 17.2 Å². The third-order valence-electron chi connectivity index (χ3n) is 2.95. The van der Waals surface area contributed by atoms with Gasteiger partial charge in [0.05, 0.1) is 30.2 Å². The zero-order chi connectivity index (χ0) is 14.2. The molecule has 9 nitrogen and oxygen atoms in total. The minimum atomic E-state index is -0.975. The predicted molar refractivity (Wildman–Crippen MR) is 66.9 cm³/mol. The third-order valence-corrected chi connectivity index (χ3v) is 2.95. The summed E-state index contributed by atoms with van der Waals surface area (Å²) in [6.45, 7) is -0.259. The Kier molecular flexibility index (Phi) is 3.51. The van der Waals surface area contributed by atoms with Crippen molar-refractivity contribution in [2.75, 3.05) is 18.1 Å². The highest BCUT2D eigenvalue weighted by atomic mass is 16.5. The number of nitrogens with zero attached hydrogens (tertiary/aromatic N) is 1. The van der Waals surface area contributed by atoms with Gasteiger partial charge in [0.1, 0.15) is 11.8 Å². The van der Waals surface area contributed by atoms with Crippen LogP contribution in [0.25, 0.3) is 0 Å². The monoisotopic (exact) mass is 269 g/mol. The van der Waals surface area contributed by atoms with Crippen LogP contribution in [0.4, 0.5) is 11.5 Å². The van der Waals surface area contributed by atoms with Gasteiger partial charge in [0.15, 0.2) is 5.82 Å². The summed E-state index contributed by atoms with van der Waals surface area (Å²) in [7, 11) is 0. The maximum atomic E-state index is 11.2. The van der Waals surface area contributed by atoms with Gasteiger partial charge in [0, 0.05) is 6.42 Å². The summed E-state index contributed by atoms with van der Waals surface area (Å²) < 4.78 is 5.31. The molecular weight excluding hydrogens is 254 g/mol. The number of aliphatic hydroxyl groups is 2. The van der Waals surface area contributed by atoms with E-state index in [0.717, 1.165) is 0 Å². The molecule has 0 unspecified atom stereocenters. The van der Waals surface area contributed by atoms with Crippen molar-refractivity contribution in [2.24, 2.45) is 0 Å². The summed E-state index contributed by atoms with van der Waals surface area (Å²) in [5, 5.41) is 26.7. The first-order valence-corrected chi connectivity index (χ1v) is 5.62. The lowest BCUT2D eigenvalue weighted by Crippen LogP contribution is -2.34. The van der Waals surface area contributed by atoms with Gasteiger partial charge in [-0.15, -0.1) is 0 Å². The molecule has 0 aromatic carbocycles. The lowest BCUT2D eigenvalue weighted by molar-refractivity contribution is 0.0241. The van der Waals surface area contributed by atoms with Gasteiger partial charge in [0.2, 0.25) is 0 Å². The highest BCUT2D eigenvalue weighted by Crippen LogP contribution is 2.25. The fraction of sp³-hybridized carbons (Fsp3) is 0.500. The summed E-state index contributed by atoms with van der Waals surface area (Å²) in [4.78, 5) is 16.9. The Hall–Kier alpha value is -1.97. The maximum absolute atomic E-state index is 11.2. The highest BCUT2D eigenvalue weighted by molar-refractivity contribution is 6.05. The molecule has 1 saturated heterocycles. The number of hydrogen-bond donors (Lipinski definition) is 6. The number of nitrogens with two attached hydrogens (primary N) is 2. The van der Waals surface area contributed by atoms with Crippen LogP contribution in [0.3, 0.4) is 0 Å². The molecule has 0 radical (unpaired) electrons. The number of aromatic nitrogens is 2. The second-order valence-electron chi connectivity index (χ2n) is 4.29. The summed E-state index contributed by atoms with van der Waals surface area (Å²) in [5.74, 6) is -0.185. The Morgan fingerprint density at radius 3 is 2.84 bits per heavy atom. The minimum Gasteiger partial charge on any atom is -0.394 e. The largest absolute Gasteiger partial charge is 0.394 e. The van der Waals surface area contributed by atoms with E-state index in [1.807, 2.05) is 0 Å². The lowest BCUT2D eigenvalue weighted by Gasteiger charge is -2.17. The van der Waals surface area contributed by atoms with E-state index in [1.54, 1.807) is 0 Å². The van der Waals surface area contributed by atoms with Crippen LogP contribution in [-0.2, 0) is 4.74 Å². The smallest absolute Gasteiger partial charge is 0.347 e. The van der Waals surface area contributed by atoms with Crippen molar-refractivity contribution in [1.82, 2.24) is 9.97 Å². The van der Waals surface area contributed by atoms with Crippen LogP contribution in [0.2, 0.25) is 0 Å². The van der Waals surface area contributed by atoms with Crippen LogP contribution in [-0.4, -0.2) is 50.8 Å². The fourth-order valence-electron chi connectivity index (χ4n) is 1.98. The predicted octanol–water partition coefficient (Wildman–Crippen LogP) is -2.19. The van der Waals surface area contributed by atoms with Crippen molar-refractivity contribution in [3.8, 4) is 0 Å². The Bertz CT molecular complexity index is 557. The van der Waals surface area contributed by atoms with Gasteiger partial charge in [-0.05, 0) is 0 Å². The van der Waals surface area contributed by atoms with E-state index in [2.05, 4.69) is 9.97 Å². The van der Waals surface area contributed by atoms with E-state index in [-0.39, 0.29) is 35.9 Å². The van der Waals surface area contributed by atoms with Crippen LogP contribution in [0.5, 0.6) is 0 Å². The number of nitrogen functional groups attached to an aromatic ring is 2. The second kappa shape index (κ2) is 4.96. The highest BCUT2D eigenvalue weighted by Gasteiger charge is 2.37. The zero-order valence-electron chi connectivity index (χ0n) is 9.96. The molecule has 0 bridgehead atoms. The van der Waals surface area contributed by atoms with E-state index in [4.69, 9.17) is 26.7 Å². The zero-order valence-corrected chi connectivity index (χ0v) is 9.96. The Labute approximate surface area is 107 Å². The molecule has 1 aromatic heterocycles. The van der Waals surface area contributed by atoms with Gasteiger partial charge >= 0.3 is 5.69 Å². The van der Waals surface area contributed by atoms with E-state index >= 15 is 0 Å². The van der Waals surface area contributed by atoms with Crippen LogP contribution < -0.4 is 17.2 Å². The van der Waals surface area contributed by atoms with Crippen LogP contribution >= 0.6 is 0 Å². The van der Waals surface area contributed by atoms with Gasteiger partial charge in [-0.25, -0.2) is 4.79 Å². The van der Waals surface area contributed by atoms with Crippen molar-refractivity contribution in [3.63, 3.8) is 0 Å². The molecule has 9 heteroatoms. The Balaban J connectivity index is 2.33. The van der Waals surface area contributed by atoms with Crippen molar-refractivity contribution in [1.29, 1.82) is 5.41 Å². The van der Waals surface area contributed by atoms with Crippen molar-refractivity contribution in [2.45, 2.75) is 24.7 Å². The van der Waals surface area contributed by atoms with Gasteiger partial charge in [0.25, 0.3) is 0 Å². The number of ether oxygens (including phenoxy) is 1. The number of aliphatic hydroxyl groups excluding tert-OH is 2. The molecule has 1 aliphatic rings. The van der Waals surface area contributed by atoms with E-state index in [1.165, 1.54) is 0 Å². The van der Waals surface area contributed by atoms with Gasteiger partial charge in [-0.3, -0.25) is 0 Å². The molecule has 3 atom stereocenters. The number of anilines is 2.